The molecule has 1 aliphatic heterocycles. The molecule has 1 aromatic heterocycles. The number of nitrogens with one attached hydrogen (secondary N) is 1. The number of nitrogens with zero attached hydrogens (tertiary/aromatic N) is 2. The Labute approximate surface area is 151 Å². The Morgan fingerprint density at radius 3 is 2.81 bits per heavy atom. The van der Waals surface area contributed by atoms with Gasteiger partial charge in [-0.2, -0.15) is 5.10 Å². The summed E-state index contributed by atoms with van der Waals surface area (Å²) in [4.78, 5) is 23.9. The molecule has 5 nitrogen and oxygen atoms in total. The highest BCUT2D eigenvalue weighted by Gasteiger charge is 2.15. The summed E-state index contributed by atoms with van der Waals surface area (Å²) in [6.07, 6.45) is 8.03. The summed E-state index contributed by atoms with van der Waals surface area (Å²) in [6.45, 7) is 0. The molecule has 4 rings (SSSR count). The zero-order chi connectivity index (χ0) is 17.9. The fraction of sp³-hybridized carbons (Fsp3) is 0.0952. The van der Waals surface area contributed by atoms with E-state index in [1.807, 2.05) is 42.6 Å². The second-order valence-electron chi connectivity index (χ2n) is 6.17. The number of carbonyl (C=O) groups excluding carboxylic acids is 2. The van der Waals surface area contributed by atoms with Crippen LogP contribution >= 0.6 is 0 Å². The van der Waals surface area contributed by atoms with E-state index in [0.717, 1.165) is 22.5 Å². The van der Waals surface area contributed by atoms with Crippen LogP contribution in [0, 0.1) is 0 Å². The van der Waals surface area contributed by atoms with Crippen molar-refractivity contribution < 1.29 is 9.59 Å². The van der Waals surface area contributed by atoms with Crippen molar-refractivity contribution in [2.24, 2.45) is 0 Å². The van der Waals surface area contributed by atoms with Crippen molar-refractivity contribution in [3.63, 3.8) is 0 Å². The zero-order valence-electron chi connectivity index (χ0n) is 14.1. The van der Waals surface area contributed by atoms with Crippen LogP contribution in [0.5, 0.6) is 0 Å². The van der Waals surface area contributed by atoms with E-state index in [4.69, 9.17) is 0 Å². The van der Waals surface area contributed by atoms with Crippen LogP contribution in [-0.2, 0) is 11.2 Å². The molecule has 1 N–H and O–H groups in total. The van der Waals surface area contributed by atoms with Crippen LogP contribution in [-0.4, -0.2) is 21.5 Å². The highest BCUT2D eigenvalue weighted by Crippen LogP contribution is 2.24. The summed E-state index contributed by atoms with van der Waals surface area (Å²) in [5.41, 5.74) is 4.24. The van der Waals surface area contributed by atoms with E-state index in [1.165, 1.54) is 0 Å². The second kappa shape index (κ2) is 6.80. The molecule has 0 saturated heterocycles. The first kappa shape index (κ1) is 16.0. The van der Waals surface area contributed by atoms with Gasteiger partial charge in [0.05, 0.1) is 11.9 Å². The van der Waals surface area contributed by atoms with Crippen molar-refractivity contribution in [2.45, 2.75) is 12.8 Å². The van der Waals surface area contributed by atoms with Crippen LogP contribution in [0.15, 0.2) is 67.0 Å². The van der Waals surface area contributed by atoms with Gasteiger partial charge in [-0.05, 0) is 54.5 Å². The van der Waals surface area contributed by atoms with E-state index in [1.54, 1.807) is 35.2 Å². The number of fused-ring (bicyclic) bond motifs is 1. The van der Waals surface area contributed by atoms with Crippen molar-refractivity contribution >= 4 is 23.5 Å². The molecule has 1 aliphatic rings. The van der Waals surface area contributed by atoms with Crippen molar-refractivity contribution in [1.29, 1.82) is 0 Å². The number of para-hydroxylation sites is 1. The van der Waals surface area contributed by atoms with E-state index in [2.05, 4.69) is 10.4 Å². The highest BCUT2D eigenvalue weighted by atomic mass is 16.1. The van der Waals surface area contributed by atoms with E-state index >= 15 is 0 Å². The molecule has 0 radical (unpaired) electrons. The Morgan fingerprint density at radius 1 is 1.12 bits per heavy atom. The molecule has 3 aromatic rings. The summed E-state index contributed by atoms with van der Waals surface area (Å²) in [7, 11) is 0. The average Bonchev–Trinajstić information content (AvgIpc) is 3.15. The number of ketones is 1. The zero-order valence-corrected chi connectivity index (χ0v) is 14.1. The monoisotopic (exact) mass is 343 g/mol. The average molecular weight is 343 g/mol. The van der Waals surface area contributed by atoms with Gasteiger partial charge in [-0.3, -0.25) is 9.59 Å². The Hall–Kier alpha value is -3.47. The standard InChI is InChI=1S/C21H17N3O2/c25-20(17-7-9-19-16(12-17)8-11-21(26)23-19)10-6-15-13-22-24(14-15)18-4-2-1-3-5-18/h1-7,9-10,12-14H,8,11H2,(H,23,26)/b10-6-. The number of aryl methyl sites for hydroxylation is 1. The maximum absolute atomic E-state index is 12.4. The van der Waals surface area contributed by atoms with Crippen molar-refractivity contribution in [2.75, 3.05) is 5.32 Å². The third kappa shape index (κ3) is 3.32. The molecule has 0 atom stereocenters. The lowest BCUT2D eigenvalue weighted by Crippen LogP contribution is -2.19. The second-order valence-corrected chi connectivity index (χ2v) is 6.17. The van der Waals surface area contributed by atoms with E-state index in [0.29, 0.717) is 18.4 Å². The molecule has 128 valence electrons. The lowest BCUT2D eigenvalue weighted by Gasteiger charge is -2.16. The van der Waals surface area contributed by atoms with E-state index in [-0.39, 0.29) is 11.7 Å². The van der Waals surface area contributed by atoms with Gasteiger partial charge in [-0.15, -0.1) is 0 Å². The number of amides is 1. The Balaban J connectivity index is 1.50. The van der Waals surface area contributed by atoms with E-state index < -0.39 is 0 Å². The number of hydrogen-bond acceptors (Lipinski definition) is 3. The third-order valence-electron chi connectivity index (χ3n) is 4.34. The molecular formula is C21H17N3O2. The van der Waals surface area contributed by atoms with Crippen LogP contribution in [0.1, 0.15) is 27.9 Å². The smallest absolute Gasteiger partial charge is 0.224 e. The lowest BCUT2D eigenvalue weighted by molar-refractivity contribution is -0.116. The molecular weight excluding hydrogens is 326 g/mol. The first-order chi connectivity index (χ1) is 12.7. The molecule has 26 heavy (non-hydrogen) atoms. The Kier molecular flexibility index (Phi) is 4.19. The van der Waals surface area contributed by atoms with Gasteiger partial charge in [0.25, 0.3) is 0 Å². The van der Waals surface area contributed by atoms with Gasteiger partial charge in [-0.25, -0.2) is 4.68 Å². The lowest BCUT2D eigenvalue weighted by atomic mass is 9.98. The van der Waals surface area contributed by atoms with E-state index in [9.17, 15) is 9.59 Å². The molecule has 1 amide bonds. The number of aromatic nitrogens is 2. The topological polar surface area (TPSA) is 64.0 Å². The number of rotatable bonds is 4. The molecule has 0 unspecified atom stereocenters. The molecule has 5 heteroatoms. The molecule has 2 aromatic carbocycles. The normalized spacial score (nSPS) is 13.5. The van der Waals surface area contributed by atoms with Crippen LogP contribution in [0.2, 0.25) is 0 Å². The predicted octanol–water partition coefficient (Wildman–Crippen LogP) is 3.65. The minimum Gasteiger partial charge on any atom is -0.326 e. The van der Waals surface area contributed by atoms with Crippen LogP contribution in [0.25, 0.3) is 11.8 Å². The van der Waals surface area contributed by atoms with Crippen molar-refractivity contribution in [3.05, 3.63) is 83.7 Å². The van der Waals surface area contributed by atoms with Gasteiger partial charge in [0.2, 0.25) is 5.91 Å². The summed E-state index contributed by atoms with van der Waals surface area (Å²) in [5.74, 6) is -0.0518. The number of benzene rings is 2. The number of anilines is 1. The molecule has 0 aliphatic carbocycles. The number of hydrogen-bond donors (Lipinski definition) is 1. The molecule has 2 heterocycles. The van der Waals surface area contributed by atoms with Gasteiger partial charge >= 0.3 is 0 Å². The first-order valence-corrected chi connectivity index (χ1v) is 8.44. The summed E-state index contributed by atoms with van der Waals surface area (Å²) in [6, 6.07) is 15.2. The minimum absolute atomic E-state index is 0.0203. The van der Waals surface area contributed by atoms with Gasteiger partial charge in [0, 0.05) is 29.4 Å². The van der Waals surface area contributed by atoms with Crippen LogP contribution < -0.4 is 5.32 Å². The maximum Gasteiger partial charge on any atom is 0.224 e. The number of carbonyl (C=O) groups is 2. The Bertz CT molecular complexity index is 1000. The molecule has 0 fully saturated rings. The van der Waals surface area contributed by atoms with Gasteiger partial charge in [0.1, 0.15) is 0 Å². The quantitative estimate of drug-likeness (QED) is 0.581. The molecule has 0 spiro atoms. The SMILES string of the molecule is O=C1CCc2cc(C(=O)/C=C\c3cnn(-c4ccccc4)c3)ccc2N1. The third-order valence-corrected chi connectivity index (χ3v) is 4.34. The summed E-state index contributed by atoms with van der Waals surface area (Å²) >= 11 is 0. The minimum atomic E-state index is -0.0721. The van der Waals surface area contributed by atoms with Crippen LogP contribution in [0.4, 0.5) is 5.69 Å². The summed E-state index contributed by atoms with van der Waals surface area (Å²) < 4.78 is 1.77. The fourth-order valence-corrected chi connectivity index (χ4v) is 2.95. The summed E-state index contributed by atoms with van der Waals surface area (Å²) in [5, 5.41) is 7.14. The van der Waals surface area contributed by atoms with Crippen molar-refractivity contribution in [1.82, 2.24) is 9.78 Å². The first-order valence-electron chi connectivity index (χ1n) is 8.44. The number of allylic oxidation sites excluding steroid dienone is 1. The van der Waals surface area contributed by atoms with Gasteiger partial charge in [-0.1, -0.05) is 18.2 Å². The molecule has 0 bridgehead atoms. The Morgan fingerprint density at radius 2 is 1.96 bits per heavy atom. The van der Waals surface area contributed by atoms with Crippen LogP contribution in [0.3, 0.4) is 0 Å². The highest BCUT2D eigenvalue weighted by molar-refractivity contribution is 6.07. The maximum atomic E-state index is 12.4. The predicted molar refractivity (Wildman–Crippen MR) is 100 cm³/mol. The van der Waals surface area contributed by atoms with Gasteiger partial charge in [0.15, 0.2) is 5.78 Å². The largest absolute Gasteiger partial charge is 0.326 e. The fourth-order valence-electron chi connectivity index (χ4n) is 2.95. The van der Waals surface area contributed by atoms with Gasteiger partial charge < -0.3 is 5.32 Å². The molecule has 0 saturated carbocycles. The van der Waals surface area contributed by atoms with Crippen molar-refractivity contribution in [3.8, 4) is 5.69 Å².